The summed E-state index contributed by atoms with van der Waals surface area (Å²) in [5.74, 6) is 1.24. The average molecular weight is 323 g/mol. The molecule has 4 rings (SSSR count). The third-order valence-corrected chi connectivity index (χ3v) is 3.93. The Hall–Kier alpha value is -3.09. The topological polar surface area (TPSA) is 80.6 Å². The molecule has 0 saturated heterocycles. The second kappa shape index (κ2) is 5.84. The summed E-state index contributed by atoms with van der Waals surface area (Å²) in [7, 11) is 0. The van der Waals surface area contributed by atoms with Crippen molar-refractivity contribution in [2.45, 2.75) is 13.0 Å². The zero-order chi connectivity index (χ0) is 16.5. The van der Waals surface area contributed by atoms with Gasteiger partial charge in [0.15, 0.2) is 11.8 Å². The quantitative estimate of drug-likeness (QED) is 0.658. The number of hydrogen-bond acceptors (Lipinski definition) is 5. The minimum absolute atomic E-state index is 0.145. The predicted molar refractivity (Wildman–Crippen MR) is 90.0 cm³/mol. The van der Waals surface area contributed by atoms with E-state index in [0.29, 0.717) is 18.8 Å². The molecule has 4 bridgehead atoms. The first-order valence-corrected chi connectivity index (χ1v) is 7.84. The van der Waals surface area contributed by atoms with Crippen LogP contribution in [0.15, 0.2) is 42.7 Å². The number of nitrogens with one attached hydrogen (secondary N) is 2. The molecule has 3 aromatic rings. The Morgan fingerprint density at radius 3 is 3.04 bits per heavy atom. The molecule has 0 spiro atoms. The molecule has 1 aliphatic heterocycles. The van der Waals surface area contributed by atoms with Crippen LogP contribution in [0.3, 0.4) is 0 Å². The highest BCUT2D eigenvalue weighted by molar-refractivity contribution is 5.81. The van der Waals surface area contributed by atoms with Crippen LogP contribution in [0.4, 0.5) is 5.82 Å². The molecule has 2 aromatic heterocycles. The van der Waals surface area contributed by atoms with E-state index in [1.54, 1.807) is 17.6 Å². The highest BCUT2D eigenvalue weighted by atomic mass is 16.5. The number of aromatic nitrogens is 3. The van der Waals surface area contributed by atoms with E-state index in [-0.39, 0.29) is 5.91 Å². The maximum atomic E-state index is 12.1. The number of ether oxygens (including phenoxy) is 1. The van der Waals surface area contributed by atoms with Crippen LogP contribution in [0.5, 0.6) is 5.75 Å². The third-order valence-electron chi connectivity index (χ3n) is 3.93. The molecule has 24 heavy (non-hydrogen) atoms. The lowest BCUT2D eigenvalue weighted by molar-refractivity contribution is -0.127. The molecule has 0 radical (unpaired) electrons. The van der Waals surface area contributed by atoms with Gasteiger partial charge in [0.1, 0.15) is 11.6 Å². The largest absolute Gasteiger partial charge is 0.481 e. The number of carbonyl (C=O) groups is 1. The van der Waals surface area contributed by atoms with Gasteiger partial charge in [-0.3, -0.25) is 4.79 Å². The number of fused-ring (bicyclic) bond motifs is 4. The summed E-state index contributed by atoms with van der Waals surface area (Å²) in [5.41, 5.74) is 2.63. The molecular weight excluding hydrogens is 306 g/mol. The number of carbonyl (C=O) groups excluding carboxylic acids is 1. The Morgan fingerprint density at radius 2 is 2.12 bits per heavy atom. The summed E-state index contributed by atoms with van der Waals surface area (Å²) in [5, 5.41) is 10.4. The van der Waals surface area contributed by atoms with Gasteiger partial charge < -0.3 is 15.4 Å². The summed E-state index contributed by atoms with van der Waals surface area (Å²) in [4.78, 5) is 16.7. The van der Waals surface area contributed by atoms with Crippen LogP contribution in [0, 0.1) is 0 Å². The maximum absolute atomic E-state index is 12.1. The zero-order valence-corrected chi connectivity index (χ0v) is 13.2. The molecule has 3 heterocycles. The van der Waals surface area contributed by atoms with Crippen molar-refractivity contribution in [2.75, 3.05) is 18.4 Å². The monoisotopic (exact) mass is 323 g/mol. The van der Waals surface area contributed by atoms with Gasteiger partial charge in [-0.25, -0.2) is 9.50 Å². The first-order valence-electron chi connectivity index (χ1n) is 7.84. The number of rotatable bonds is 0. The van der Waals surface area contributed by atoms with Crippen molar-refractivity contribution in [3.63, 3.8) is 0 Å². The van der Waals surface area contributed by atoms with E-state index in [1.165, 1.54) is 0 Å². The predicted octanol–water partition coefficient (Wildman–Crippen LogP) is 1.71. The van der Waals surface area contributed by atoms with E-state index >= 15 is 0 Å². The summed E-state index contributed by atoms with van der Waals surface area (Å²) >= 11 is 0. The van der Waals surface area contributed by atoms with E-state index < -0.39 is 6.10 Å². The Morgan fingerprint density at radius 1 is 1.25 bits per heavy atom. The highest BCUT2D eigenvalue weighted by Crippen LogP contribution is 2.27. The zero-order valence-electron chi connectivity index (χ0n) is 13.2. The van der Waals surface area contributed by atoms with E-state index in [4.69, 9.17) is 4.74 Å². The molecule has 1 amide bonds. The maximum Gasteiger partial charge on any atom is 0.260 e. The van der Waals surface area contributed by atoms with Gasteiger partial charge in [-0.2, -0.15) is 5.10 Å². The molecule has 0 fully saturated rings. The lowest BCUT2D eigenvalue weighted by Crippen LogP contribution is -2.38. The van der Waals surface area contributed by atoms with Gasteiger partial charge >= 0.3 is 0 Å². The molecule has 1 atom stereocenters. The number of nitrogens with zero attached hydrogens (tertiary/aromatic N) is 3. The van der Waals surface area contributed by atoms with Crippen molar-refractivity contribution in [3.8, 4) is 16.9 Å². The normalized spacial score (nSPS) is 17.7. The number of hydrogen-bond donors (Lipinski definition) is 2. The second-order valence-corrected chi connectivity index (χ2v) is 5.64. The lowest BCUT2D eigenvalue weighted by atomic mass is 10.1. The van der Waals surface area contributed by atoms with Crippen LogP contribution < -0.4 is 15.4 Å². The fourth-order valence-corrected chi connectivity index (χ4v) is 2.69. The fraction of sp³-hybridized carbons (Fsp3) is 0.235. The van der Waals surface area contributed by atoms with Crippen molar-refractivity contribution in [2.24, 2.45) is 0 Å². The van der Waals surface area contributed by atoms with Crippen molar-refractivity contribution in [3.05, 3.63) is 42.7 Å². The van der Waals surface area contributed by atoms with Gasteiger partial charge in [-0.15, -0.1) is 0 Å². The summed E-state index contributed by atoms with van der Waals surface area (Å²) in [6.07, 6.45) is 3.08. The fourth-order valence-electron chi connectivity index (χ4n) is 2.69. The van der Waals surface area contributed by atoms with Crippen molar-refractivity contribution >= 4 is 17.4 Å². The number of anilines is 1. The molecule has 1 aliphatic rings. The number of benzene rings is 1. The molecule has 122 valence electrons. The van der Waals surface area contributed by atoms with Crippen molar-refractivity contribution < 1.29 is 9.53 Å². The van der Waals surface area contributed by atoms with Crippen LogP contribution in [0.1, 0.15) is 6.92 Å². The van der Waals surface area contributed by atoms with Crippen LogP contribution in [-0.2, 0) is 4.79 Å². The van der Waals surface area contributed by atoms with Crippen LogP contribution >= 0.6 is 0 Å². The summed E-state index contributed by atoms with van der Waals surface area (Å²) in [6.45, 7) is 2.81. The minimum atomic E-state index is -0.564. The van der Waals surface area contributed by atoms with Gasteiger partial charge in [0.2, 0.25) is 0 Å². The van der Waals surface area contributed by atoms with Crippen molar-refractivity contribution in [1.29, 1.82) is 0 Å². The first-order chi connectivity index (χ1) is 11.7. The Kier molecular flexibility index (Phi) is 3.53. The molecular formula is C17H17N5O2. The molecule has 7 heteroatoms. The average Bonchev–Trinajstić information content (AvgIpc) is 3.01. The Balaban J connectivity index is 1.83. The van der Waals surface area contributed by atoms with Crippen LogP contribution in [-0.4, -0.2) is 39.7 Å². The Labute approximate surface area is 138 Å². The van der Waals surface area contributed by atoms with E-state index in [0.717, 1.165) is 22.6 Å². The van der Waals surface area contributed by atoms with Crippen molar-refractivity contribution in [1.82, 2.24) is 19.9 Å². The van der Waals surface area contributed by atoms with Gasteiger partial charge in [-0.1, -0.05) is 12.1 Å². The molecule has 0 saturated carbocycles. The van der Waals surface area contributed by atoms with E-state index in [1.807, 2.05) is 36.5 Å². The van der Waals surface area contributed by atoms with Crippen LogP contribution in [0.25, 0.3) is 16.8 Å². The van der Waals surface area contributed by atoms with E-state index in [2.05, 4.69) is 20.7 Å². The molecule has 7 nitrogen and oxygen atoms in total. The van der Waals surface area contributed by atoms with Gasteiger partial charge in [0.25, 0.3) is 5.91 Å². The van der Waals surface area contributed by atoms with Gasteiger partial charge in [-0.05, 0) is 30.7 Å². The smallest absolute Gasteiger partial charge is 0.260 e. The number of amides is 1. The molecule has 2 N–H and O–H groups in total. The lowest BCUT2D eigenvalue weighted by Gasteiger charge is -2.16. The summed E-state index contributed by atoms with van der Waals surface area (Å²) < 4.78 is 7.50. The Bertz CT molecular complexity index is 905. The third kappa shape index (κ3) is 2.64. The van der Waals surface area contributed by atoms with E-state index in [9.17, 15) is 4.79 Å². The highest BCUT2D eigenvalue weighted by Gasteiger charge is 2.16. The second-order valence-electron chi connectivity index (χ2n) is 5.64. The molecule has 1 aromatic carbocycles. The summed E-state index contributed by atoms with van der Waals surface area (Å²) in [6, 6.07) is 9.47. The minimum Gasteiger partial charge on any atom is -0.481 e. The first kappa shape index (κ1) is 14.5. The molecule has 0 aliphatic carbocycles. The van der Waals surface area contributed by atoms with Gasteiger partial charge in [0, 0.05) is 24.8 Å². The van der Waals surface area contributed by atoms with Gasteiger partial charge in [0.05, 0.1) is 6.20 Å². The SMILES string of the molecule is CC1Oc2cccc(c2)-c2cnn3ccc(nc23)NCCNC1=O. The standard InChI is InChI=1S/C17H17N5O2/c1-11-17(23)19-7-6-18-15-5-8-22-16(21-15)14(10-20-22)12-3-2-4-13(9-12)24-11/h2-5,8-11H,6-7H2,1H3,(H,18,21)(H,19,23). The van der Waals surface area contributed by atoms with Crippen LogP contribution in [0.2, 0.25) is 0 Å². The molecule has 1 unspecified atom stereocenters.